The quantitative estimate of drug-likeness (QED) is 0.652. The lowest BCUT2D eigenvalue weighted by molar-refractivity contribution is 0.473. The van der Waals surface area contributed by atoms with Gasteiger partial charge in [0.2, 0.25) is 0 Å². The normalized spacial score (nSPS) is 10.5. The van der Waals surface area contributed by atoms with Gasteiger partial charge in [-0.2, -0.15) is 0 Å². The van der Waals surface area contributed by atoms with E-state index in [1.165, 1.54) is 5.56 Å². The summed E-state index contributed by atoms with van der Waals surface area (Å²) in [4.78, 5) is 0. The van der Waals surface area contributed by atoms with Gasteiger partial charge in [-0.05, 0) is 36.1 Å². The van der Waals surface area contributed by atoms with Gasteiger partial charge in [0, 0.05) is 0 Å². The Morgan fingerprint density at radius 3 is 2.27 bits per heavy atom. The fraction of sp³-hybridized carbons (Fsp3) is 0.400. The van der Waals surface area contributed by atoms with E-state index in [9.17, 15) is 5.11 Å². The van der Waals surface area contributed by atoms with Crippen LogP contribution in [0.15, 0.2) is 18.2 Å². The summed E-state index contributed by atoms with van der Waals surface area (Å²) in [6.45, 7) is 6.23. The number of hydrogen-bond acceptors (Lipinski definition) is 1. The van der Waals surface area contributed by atoms with E-state index in [4.69, 9.17) is 0 Å². The summed E-state index contributed by atoms with van der Waals surface area (Å²) in [5, 5.41) is 9.24. The SMILES string of the molecule is Cc1cc(O)cc(C(C)C)c1. The van der Waals surface area contributed by atoms with Crippen molar-refractivity contribution in [3.05, 3.63) is 29.3 Å². The summed E-state index contributed by atoms with van der Waals surface area (Å²) < 4.78 is 0. The van der Waals surface area contributed by atoms with Crippen molar-refractivity contribution in [2.45, 2.75) is 26.7 Å². The largest absolute Gasteiger partial charge is 0.508 e. The highest BCUT2D eigenvalue weighted by atomic mass is 16.3. The predicted octanol–water partition coefficient (Wildman–Crippen LogP) is 2.82. The maximum absolute atomic E-state index is 9.24. The van der Waals surface area contributed by atoms with E-state index in [1.807, 2.05) is 13.0 Å². The van der Waals surface area contributed by atoms with E-state index >= 15 is 0 Å². The van der Waals surface area contributed by atoms with Crippen LogP contribution in [0.4, 0.5) is 0 Å². The second-order valence-corrected chi connectivity index (χ2v) is 3.26. The van der Waals surface area contributed by atoms with Crippen LogP contribution in [-0.2, 0) is 0 Å². The maximum atomic E-state index is 9.24. The van der Waals surface area contributed by atoms with Crippen molar-refractivity contribution >= 4 is 0 Å². The molecule has 1 nitrogen and oxygen atoms in total. The van der Waals surface area contributed by atoms with Crippen molar-refractivity contribution < 1.29 is 5.11 Å². The number of phenols is 1. The summed E-state index contributed by atoms with van der Waals surface area (Å²) in [6, 6.07) is 5.69. The van der Waals surface area contributed by atoms with Gasteiger partial charge in [-0.15, -0.1) is 0 Å². The van der Waals surface area contributed by atoms with Crippen LogP contribution in [0.1, 0.15) is 30.9 Å². The summed E-state index contributed by atoms with van der Waals surface area (Å²) in [5.74, 6) is 0.856. The van der Waals surface area contributed by atoms with E-state index in [2.05, 4.69) is 19.9 Å². The number of aryl methyl sites for hydroxylation is 1. The highest BCUT2D eigenvalue weighted by molar-refractivity contribution is 5.34. The predicted molar refractivity (Wildman–Crippen MR) is 46.9 cm³/mol. The van der Waals surface area contributed by atoms with Crippen LogP contribution in [0.5, 0.6) is 5.75 Å². The van der Waals surface area contributed by atoms with Gasteiger partial charge in [0.05, 0.1) is 0 Å². The molecule has 0 spiro atoms. The zero-order valence-electron chi connectivity index (χ0n) is 7.26. The second kappa shape index (κ2) is 2.95. The minimum atomic E-state index is 0.369. The molecule has 1 aromatic rings. The molecule has 0 aliphatic heterocycles. The first-order valence-corrected chi connectivity index (χ1v) is 3.90. The van der Waals surface area contributed by atoms with Crippen molar-refractivity contribution in [2.24, 2.45) is 0 Å². The van der Waals surface area contributed by atoms with Gasteiger partial charge in [-0.3, -0.25) is 0 Å². The van der Waals surface area contributed by atoms with Crippen LogP contribution in [0.2, 0.25) is 0 Å². The van der Waals surface area contributed by atoms with Gasteiger partial charge in [-0.25, -0.2) is 0 Å². The fourth-order valence-electron chi connectivity index (χ4n) is 1.13. The Kier molecular flexibility index (Phi) is 2.18. The fourth-order valence-corrected chi connectivity index (χ4v) is 1.13. The monoisotopic (exact) mass is 150 g/mol. The third-order valence-electron chi connectivity index (χ3n) is 1.75. The van der Waals surface area contributed by atoms with Gasteiger partial charge in [0.15, 0.2) is 0 Å². The van der Waals surface area contributed by atoms with Crippen LogP contribution in [0, 0.1) is 6.92 Å². The molecule has 11 heavy (non-hydrogen) atoms. The molecular weight excluding hydrogens is 136 g/mol. The first-order chi connectivity index (χ1) is 5.09. The summed E-state index contributed by atoms with van der Waals surface area (Å²) in [7, 11) is 0. The van der Waals surface area contributed by atoms with Gasteiger partial charge < -0.3 is 5.11 Å². The molecular formula is C10H14O. The Bertz CT molecular complexity index is 231. The molecule has 0 saturated heterocycles. The zero-order valence-corrected chi connectivity index (χ0v) is 7.26. The summed E-state index contributed by atoms with van der Waals surface area (Å²) in [5.41, 5.74) is 2.32. The van der Waals surface area contributed by atoms with Crippen molar-refractivity contribution in [3.8, 4) is 5.75 Å². The third kappa shape index (κ3) is 1.97. The van der Waals surface area contributed by atoms with Gasteiger partial charge in [0.1, 0.15) is 5.75 Å². The number of benzene rings is 1. The Hall–Kier alpha value is -0.980. The van der Waals surface area contributed by atoms with Crippen LogP contribution < -0.4 is 0 Å². The number of hydrogen-bond donors (Lipinski definition) is 1. The zero-order chi connectivity index (χ0) is 8.43. The molecule has 0 aliphatic rings. The molecule has 0 unspecified atom stereocenters. The molecule has 0 heterocycles. The van der Waals surface area contributed by atoms with Gasteiger partial charge in [-0.1, -0.05) is 19.9 Å². The van der Waals surface area contributed by atoms with E-state index in [0.717, 1.165) is 5.56 Å². The Balaban J connectivity index is 3.08. The number of rotatable bonds is 1. The molecule has 1 heteroatoms. The smallest absolute Gasteiger partial charge is 0.116 e. The average molecular weight is 150 g/mol. The maximum Gasteiger partial charge on any atom is 0.116 e. The molecule has 0 aliphatic carbocycles. The van der Waals surface area contributed by atoms with E-state index in [1.54, 1.807) is 6.07 Å². The third-order valence-corrected chi connectivity index (χ3v) is 1.75. The highest BCUT2D eigenvalue weighted by Crippen LogP contribution is 2.21. The Morgan fingerprint density at radius 1 is 1.18 bits per heavy atom. The van der Waals surface area contributed by atoms with Crippen molar-refractivity contribution in [1.82, 2.24) is 0 Å². The summed E-state index contributed by atoms with van der Waals surface area (Å²) >= 11 is 0. The molecule has 1 N–H and O–H groups in total. The molecule has 0 bridgehead atoms. The average Bonchev–Trinajstić information content (AvgIpc) is 1.85. The standard InChI is InChI=1S/C10H14O/c1-7(2)9-4-8(3)5-10(11)6-9/h4-7,11H,1-3H3. The minimum Gasteiger partial charge on any atom is -0.508 e. The second-order valence-electron chi connectivity index (χ2n) is 3.26. The molecule has 0 saturated carbocycles. The van der Waals surface area contributed by atoms with E-state index in [0.29, 0.717) is 11.7 Å². The first-order valence-electron chi connectivity index (χ1n) is 3.90. The molecule has 0 fully saturated rings. The number of phenolic OH excluding ortho intramolecular Hbond substituents is 1. The van der Waals surface area contributed by atoms with Crippen LogP contribution in [0.25, 0.3) is 0 Å². The topological polar surface area (TPSA) is 20.2 Å². The Labute approximate surface area is 67.7 Å². The Morgan fingerprint density at radius 2 is 1.82 bits per heavy atom. The van der Waals surface area contributed by atoms with Crippen molar-refractivity contribution in [3.63, 3.8) is 0 Å². The molecule has 0 radical (unpaired) electrons. The lowest BCUT2D eigenvalue weighted by atomic mass is 10.0. The van der Waals surface area contributed by atoms with E-state index < -0.39 is 0 Å². The van der Waals surface area contributed by atoms with Gasteiger partial charge in [0.25, 0.3) is 0 Å². The van der Waals surface area contributed by atoms with Crippen molar-refractivity contribution in [2.75, 3.05) is 0 Å². The minimum absolute atomic E-state index is 0.369. The van der Waals surface area contributed by atoms with Crippen LogP contribution in [0.3, 0.4) is 0 Å². The van der Waals surface area contributed by atoms with Crippen molar-refractivity contribution in [1.29, 1.82) is 0 Å². The molecule has 1 rings (SSSR count). The number of aromatic hydroxyl groups is 1. The first kappa shape index (κ1) is 8.12. The lowest BCUT2D eigenvalue weighted by Gasteiger charge is -2.06. The lowest BCUT2D eigenvalue weighted by Crippen LogP contribution is -1.87. The van der Waals surface area contributed by atoms with E-state index in [-0.39, 0.29) is 0 Å². The van der Waals surface area contributed by atoms with Crippen LogP contribution in [-0.4, -0.2) is 5.11 Å². The molecule has 0 amide bonds. The summed E-state index contributed by atoms with van der Waals surface area (Å²) in [6.07, 6.45) is 0. The highest BCUT2D eigenvalue weighted by Gasteiger charge is 2.00. The van der Waals surface area contributed by atoms with Gasteiger partial charge >= 0.3 is 0 Å². The molecule has 1 aromatic carbocycles. The molecule has 0 aromatic heterocycles. The molecule has 60 valence electrons. The molecule has 0 atom stereocenters. The van der Waals surface area contributed by atoms with Crippen LogP contribution >= 0.6 is 0 Å².